The van der Waals surface area contributed by atoms with Gasteiger partial charge in [-0.25, -0.2) is 0 Å². The number of carbonyl (C=O) groups excluding carboxylic acids is 3. The second-order valence-electron chi connectivity index (χ2n) is 20.9. The minimum absolute atomic E-state index is 0.0809. The number of hydrogen-bond acceptors (Lipinski definition) is 6. The van der Waals surface area contributed by atoms with Crippen molar-refractivity contribution < 1.29 is 28.6 Å². The van der Waals surface area contributed by atoms with E-state index in [0.717, 1.165) is 83.5 Å². The van der Waals surface area contributed by atoms with E-state index in [2.05, 4.69) is 69.4 Å². The SMILES string of the molecule is CC/C=C\C/C=C\C/C=C\CCCCCC(=O)OCC(COC(=O)CCCCCCCCCCCCCCCCCCCCCCCCC)OC(=O)CCCCCCCCC/C=C\CCCCCCCC. The van der Waals surface area contributed by atoms with Crippen LogP contribution in [0.3, 0.4) is 0 Å². The maximum absolute atomic E-state index is 12.9. The van der Waals surface area contributed by atoms with Crippen LogP contribution in [0.1, 0.15) is 329 Å². The van der Waals surface area contributed by atoms with Crippen LogP contribution in [-0.2, 0) is 28.6 Å². The zero-order valence-electron chi connectivity index (χ0n) is 47.5. The average molecular weight is 996 g/mol. The van der Waals surface area contributed by atoms with Crippen molar-refractivity contribution in [3.8, 4) is 0 Å². The van der Waals surface area contributed by atoms with Crippen molar-refractivity contribution in [3.63, 3.8) is 0 Å². The van der Waals surface area contributed by atoms with E-state index in [9.17, 15) is 14.4 Å². The van der Waals surface area contributed by atoms with Crippen molar-refractivity contribution in [2.24, 2.45) is 0 Å². The molecule has 0 heterocycles. The highest BCUT2D eigenvalue weighted by Crippen LogP contribution is 2.17. The monoisotopic (exact) mass is 995 g/mol. The second kappa shape index (κ2) is 59.9. The molecule has 0 aliphatic carbocycles. The fourth-order valence-corrected chi connectivity index (χ4v) is 9.16. The van der Waals surface area contributed by atoms with Crippen LogP contribution in [0.15, 0.2) is 48.6 Å². The van der Waals surface area contributed by atoms with Gasteiger partial charge in [-0.2, -0.15) is 0 Å². The molecule has 0 aliphatic rings. The molecule has 1 unspecified atom stereocenters. The predicted octanol–water partition coefficient (Wildman–Crippen LogP) is 21.0. The first-order chi connectivity index (χ1) is 35.0. The topological polar surface area (TPSA) is 78.9 Å². The lowest BCUT2D eigenvalue weighted by atomic mass is 10.0. The third-order valence-corrected chi connectivity index (χ3v) is 13.8. The summed E-state index contributed by atoms with van der Waals surface area (Å²) in [4.78, 5) is 38.2. The highest BCUT2D eigenvalue weighted by Gasteiger charge is 2.19. The Morgan fingerprint density at radius 2 is 0.549 bits per heavy atom. The summed E-state index contributed by atoms with van der Waals surface area (Å²) < 4.78 is 16.9. The van der Waals surface area contributed by atoms with Crippen LogP contribution in [-0.4, -0.2) is 37.2 Å². The Balaban J connectivity index is 4.28. The van der Waals surface area contributed by atoms with E-state index in [4.69, 9.17) is 14.2 Å². The van der Waals surface area contributed by atoms with Crippen LogP contribution >= 0.6 is 0 Å². The number of ether oxygens (including phenoxy) is 3. The Labute approximate surface area is 441 Å². The molecule has 6 heteroatoms. The summed E-state index contributed by atoms with van der Waals surface area (Å²) in [5.41, 5.74) is 0. The quantitative estimate of drug-likeness (QED) is 0.0261. The summed E-state index contributed by atoms with van der Waals surface area (Å²) in [5.74, 6) is -0.898. The van der Waals surface area contributed by atoms with E-state index in [1.54, 1.807) is 0 Å². The normalized spacial score (nSPS) is 12.3. The van der Waals surface area contributed by atoms with E-state index >= 15 is 0 Å². The lowest BCUT2D eigenvalue weighted by molar-refractivity contribution is -0.167. The molecule has 0 aliphatic heterocycles. The highest BCUT2D eigenvalue weighted by atomic mass is 16.6. The summed E-state index contributed by atoms with van der Waals surface area (Å²) in [5, 5.41) is 0. The molecule has 0 spiro atoms. The van der Waals surface area contributed by atoms with Crippen LogP contribution in [0.5, 0.6) is 0 Å². The lowest BCUT2D eigenvalue weighted by Crippen LogP contribution is -2.30. The number of carbonyl (C=O) groups is 3. The summed E-state index contributed by atoms with van der Waals surface area (Å²) in [6.07, 6.45) is 74.1. The van der Waals surface area contributed by atoms with Gasteiger partial charge in [0.15, 0.2) is 6.10 Å². The van der Waals surface area contributed by atoms with Crippen LogP contribution in [0, 0.1) is 0 Å². The molecular weight excluding hydrogens is 877 g/mol. The molecule has 1 atom stereocenters. The Hall–Kier alpha value is -2.63. The average Bonchev–Trinajstić information content (AvgIpc) is 3.37. The third-order valence-electron chi connectivity index (χ3n) is 13.8. The van der Waals surface area contributed by atoms with E-state index in [1.807, 2.05) is 0 Å². The maximum Gasteiger partial charge on any atom is 0.306 e. The molecule has 71 heavy (non-hydrogen) atoms. The molecule has 0 saturated heterocycles. The van der Waals surface area contributed by atoms with E-state index in [0.29, 0.717) is 19.3 Å². The van der Waals surface area contributed by atoms with Crippen molar-refractivity contribution in [1.82, 2.24) is 0 Å². The molecule has 0 N–H and O–H groups in total. The van der Waals surface area contributed by atoms with Gasteiger partial charge >= 0.3 is 17.9 Å². The molecule has 0 amide bonds. The van der Waals surface area contributed by atoms with Gasteiger partial charge in [0.05, 0.1) is 0 Å². The van der Waals surface area contributed by atoms with E-state index < -0.39 is 6.10 Å². The fraction of sp³-hybridized carbons (Fsp3) is 0.831. The summed E-state index contributed by atoms with van der Waals surface area (Å²) in [6.45, 7) is 6.54. The van der Waals surface area contributed by atoms with Gasteiger partial charge in [0, 0.05) is 19.3 Å². The smallest absolute Gasteiger partial charge is 0.306 e. The molecule has 414 valence electrons. The molecule has 0 aromatic heterocycles. The van der Waals surface area contributed by atoms with Crippen molar-refractivity contribution in [3.05, 3.63) is 48.6 Å². The standard InChI is InChI=1S/C65H118O6/c1-4-7-10-13-16-19-22-25-27-29-30-31-32-33-34-36-37-40-43-46-49-52-55-58-64(67)70-61-62(60-69-63(66)57-54-51-48-45-42-39-24-21-18-15-12-9-6-3)71-65(68)59-56-53-50-47-44-41-38-35-28-26-23-20-17-14-11-8-5-2/h9,12,18,21,26,28,39,42,62H,4-8,10-11,13-17,19-20,22-25,27,29-38,40-41,43-61H2,1-3H3/b12-9-,21-18-,28-26-,42-39-. The predicted molar refractivity (Wildman–Crippen MR) is 307 cm³/mol. The van der Waals surface area contributed by atoms with Gasteiger partial charge in [0.1, 0.15) is 13.2 Å². The highest BCUT2D eigenvalue weighted by molar-refractivity contribution is 5.71. The number of unbranched alkanes of at least 4 members (excludes halogenated alkanes) is 38. The van der Waals surface area contributed by atoms with Gasteiger partial charge in [0.25, 0.3) is 0 Å². The fourth-order valence-electron chi connectivity index (χ4n) is 9.16. The molecular formula is C65H118O6. The van der Waals surface area contributed by atoms with Gasteiger partial charge in [-0.1, -0.05) is 281 Å². The summed E-state index contributed by atoms with van der Waals surface area (Å²) in [7, 11) is 0. The van der Waals surface area contributed by atoms with Crippen molar-refractivity contribution in [1.29, 1.82) is 0 Å². The second-order valence-corrected chi connectivity index (χ2v) is 20.9. The van der Waals surface area contributed by atoms with E-state index in [1.165, 1.54) is 205 Å². The summed E-state index contributed by atoms with van der Waals surface area (Å²) >= 11 is 0. The molecule has 0 aromatic rings. The lowest BCUT2D eigenvalue weighted by Gasteiger charge is -2.18. The van der Waals surface area contributed by atoms with Crippen LogP contribution < -0.4 is 0 Å². The Morgan fingerprint density at radius 1 is 0.296 bits per heavy atom. The molecule has 0 rings (SSSR count). The van der Waals surface area contributed by atoms with Crippen LogP contribution in [0.4, 0.5) is 0 Å². The Morgan fingerprint density at radius 3 is 0.887 bits per heavy atom. The summed E-state index contributed by atoms with van der Waals surface area (Å²) in [6, 6.07) is 0. The zero-order chi connectivity index (χ0) is 51.4. The van der Waals surface area contributed by atoms with Gasteiger partial charge in [-0.05, 0) is 77.0 Å². The number of rotatable bonds is 57. The molecule has 6 nitrogen and oxygen atoms in total. The Bertz CT molecular complexity index is 1230. The molecule has 0 aromatic carbocycles. The van der Waals surface area contributed by atoms with E-state index in [-0.39, 0.29) is 31.1 Å². The number of hydrogen-bond donors (Lipinski definition) is 0. The molecule has 0 saturated carbocycles. The molecule has 0 bridgehead atoms. The van der Waals surface area contributed by atoms with Gasteiger partial charge in [0.2, 0.25) is 0 Å². The minimum Gasteiger partial charge on any atom is -0.462 e. The number of allylic oxidation sites excluding steroid dienone is 8. The number of esters is 3. The van der Waals surface area contributed by atoms with Crippen LogP contribution in [0.25, 0.3) is 0 Å². The van der Waals surface area contributed by atoms with Gasteiger partial charge in [-0.3, -0.25) is 14.4 Å². The Kier molecular flexibility index (Phi) is 57.7. The molecule has 0 radical (unpaired) electrons. The third kappa shape index (κ3) is 58.1. The minimum atomic E-state index is -0.786. The van der Waals surface area contributed by atoms with Crippen molar-refractivity contribution >= 4 is 17.9 Å². The van der Waals surface area contributed by atoms with Gasteiger partial charge in [-0.15, -0.1) is 0 Å². The van der Waals surface area contributed by atoms with Crippen molar-refractivity contribution in [2.45, 2.75) is 335 Å². The first-order valence-electron chi connectivity index (χ1n) is 31.1. The zero-order valence-corrected chi connectivity index (χ0v) is 47.5. The maximum atomic E-state index is 12.9. The van der Waals surface area contributed by atoms with Crippen molar-refractivity contribution in [2.75, 3.05) is 13.2 Å². The molecule has 0 fully saturated rings. The van der Waals surface area contributed by atoms with Crippen LogP contribution in [0.2, 0.25) is 0 Å². The largest absolute Gasteiger partial charge is 0.462 e. The van der Waals surface area contributed by atoms with Gasteiger partial charge < -0.3 is 14.2 Å². The first-order valence-corrected chi connectivity index (χ1v) is 31.1. The first kappa shape index (κ1) is 68.4.